The molecule has 0 aliphatic carbocycles. The second-order valence-corrected chi connectivity index (χ2v) is 7.38. The van der Waals surface area contributed by atoms with Gasteiger partial charge in [-0.25, -0.2) is 9.97 Å². The van der Waals surface area contributed by atoms with Crippen LogP contribution in [0, 0.1) is 0 Å². The zero-order valence-electron chi connectivity index (χ0n) is 15.8. The average Bonchev–Trinajstić information content (AvgIpc) is 2.68. The Morgan fingerprint density at radius 2 is 1.93 bits per heavy atom. The summed E-state index contributed by atoms with van der Waals surface area (Å²) in [6.07, 6.45) is 4.65. The molecule has 1 aliphatic heterocycles. The predicted octanol–water partition coefficient (Wildman–Crippen LogP) is 3.93. The lowest BCUT2D eigenvalue weighted by Gasteiger charge is -2.30. The maximum Gasteiger partial charge on any atom is 0.131 e. The van der Waals surface area contributed by atoms with E-state index in [4.69, 9.17) is 9.97 Å². The van der Waals surface area contributed by atoms with E-state index in [1.807, 2.05) is 24.4 Å². The first kappa shape index (κ1) is 17.6. The number of hydrogen-bond donors (Lipinski definition) is 1. The van der Waals surface area contributed by atoms with E-state index in [1.54, 1.807) is 18.3 Å². The zero-order chi connectivity index (χ0) is 18.8. The number of rotatable bonds is 4. The summed E-state index contributed by atoms with van der Waals surface area (Å²) >= 11 is 0. The molecule has 1 aromatic carbocycles. The number of phenols is 1. The van der Waals surface area contributed by atoms with Gasteiger partial charge in [0.05, 0.1) is 11.4 Å². The molecule has 27 heavy (non-hydrogen) atoms. The quantitative estimate of drug-likeness (QED) is 0.764. The van der Waals surface area contributed by atoms with Crippen molar-refractivity contribution >= 4 is 0 Å². The third kappa shape index (κ3) is 3.83. The first-order chi connectivity index (χ1) is 13.1. The number of hydrogen-bond acceptors (Lipinski definition) is 5. The largest absolute Gasteiger partial charge is 0.508 e. The summed E-state index contributed by atoms with van der Waals surface area (Å²) in [5, 5.41) is 9.64. The molecule has 0 bridgehead atoms. The zero-order valence-corrected chi connectivity index (χ0v) is 15.8. The molecular weight excluding hydrogens is 336 g/mol. The lowest BCUT2D eigenvalue weighted by Crippen LogP contribution is -2.32. The van der Waals surface area contributed by atoms with E-state index in [0.29, 0.717) is 0 Å². The summed E-state index contributed by atoms with van der Waals surface area (Å²) in [5.74, 6) is 1.43. The SMILES string of the molecule is CC(C)c1nc2c(c(-c3ccc(O)cc3)n1)CN(Cc1cccnc1)CC2. The second-order valence-electron chi connectivity index (χ2n) is 7.38. The summed E-state index contributed by atoms with van der Waals surface area (Å²) in [6, 6.07) is 11.4. The predicted molar refractivity (Wildman–Crippen MR) is 105 cm³/mol. The van der Waals surface area contributed by atoms with E-state index in [1.165, 1.54) is 11.1 Å². The fraction of sp³-hybridized carbons (Fsp3) is 0.318. The molecule has 2 aromatic heterocycles. The van der Waals surface area contributed by atoms with Crippen molar-refractivity contribution < 1.29 is 5.11 Å². The van der Waals surface area contributed by atoms with Crippen molar-refractivity contribution in [3.63, 3.8) is 0 Å². The van der Waals surface area contributed by atoms with Gasteiger partial charge < -0.3 is 5.11 Å². The van der Waals surface area contributed by atoms with Crippen molar-refractivity contribution in [3.8, 4) is 17.0 Å². The van der Waals surface area contributed by atoms with Crippen molar-refractivity contribution in [1.82, 2.24) is 19.9 Å². The van der Waals surface area contributed by atoms with Crippen molar-refractivity contribution in [1.29, 1.82) is 0 Å². The first-order valence-corrected chi connectivity index (χ1v) is 9.40. The van der Waals surface area contributed by atoms with Crippen LogP contribution < -0.4 is 0 Å². The van der Waals surface area contributed by atoms with Crippen LogP contribution in [0.3, 0.4) is 0 Å². The molecule has 1 aliphatic rings. The van der Waals surface area contributed by atoms with Gasteiger partial charge in [0.15, 0.2) is 0 Å². The first-order valence-electron chi connectivity index (χ1n) is 9.40. The monoisotopic (exact) mass is 360 g/mol. The standard InChI is InChI=1S/C22H24N4O/c1-15(2)22-24-20-9-11-26(13-16-4-3-10-23-12-16)14-19(20)21(25-22)17-5-7-18(27)8-6-17/h3-8,10,12,15,27H,9,11,13-14H2,1-2H3. The maximum atomic E-state index is 9.64. The topological polar surface area (TPSA) is 62.1 Å². The molecule has 3 heterocycles. The molecule has 0 atom stereocenters. The second kappa shape index (κ2) is 7.45. The number of fused-ring (bicyclic) bond motifs is 1. The van der Waals surface area contributed by atoms with Crippen LogP contribution in [-0.4, -0.2) is 31.5 Å². The maximum absolute atomic E-state index is 9.64. The highest BCUT2D eigenvalue weighted by molar-refractivity contribution is 5.65. The number of aromatic hydroxyl groups is 1. The van der Waals surface area contributed by atoms with Gasteiger partial charge in [-0.2, -0.15) is 0 Å². The number of benzene rings is 1. The van der Waals surface area contributed by atoms with Crippen molar-refractivity contribution in [2.45, 2.75) is 39.3 Å². The smallest absolute Gasteiger partial charge is 0.131 e. The lowest BCUT2D eigenvalue weighted by atomic mass is 9.98. The molecule has 5 heteroatoms. The van der Waals surface area contributed by atoms with Crippen LogP contribution in [0.4, 0.5) is 0 Å². The Kier molecular flexibility index (Phi) is 4.86. The summed E-state index contributed by atoms with van der Waals surface area (Å²) < 4.78 is 0. The minimum Gasteiger partial charge on any atom is -0.508 e. The summed E-state index contributed by atoms with van der Waals surface area (Å²) in [5.41, 5.74) is 5.57. The minimum absolute atomic E-state index is 0.268. The Hall–Kier alpha value is -2.79. The van der Waals surface area contributed by atoms with Gasteiger partial charge in [0.1, 0.15) is 11.6 Å². The molecule has 0 spiro atoms. The highest BCUT2D eigenvalue weighted by atomic mass is 16.3. The van der Waals surface area contributed by atoms with Crippen LogP contribution in [0.15, 0.2) is 48.8 Å². The molecule has 1 N–H and O–H groups in total. The van der Waals surface area contributed by atoms with Gasteiger partial charge in [-0.05, 0) is 35.9 Å². The highest BCUT2D eigenvalue weighted by Gasteiger charge is 2.24. The van der Waals surface area contributed by atoms with E-state index in [2.05, 4.69) is 29.8 Å². The Labute approximate surface area is 159 Å². The van der Waals surface area contributed by atoms with Crippen molar-refractivity contribution in [3.05, 3.63) is 71.4 Å². The third-order valence-electron chi connectivity index (χ3n) is 4.94. The summed E-state index contributed by atoms with van der Waals surface area (Å²) in [4.78, 5) is 16.4. The molecule has 0 saturated carbocycles. The molecule has 5 nitrogen and oxygen atoms in total. The van der Waals surface area contributed by atoms with Gasteiger partial charge in [0.2, 0.25) is 0 Å². The number of pyridine rings is 1. The van der Waals surface area contributed by atoms with Crippen LogP contribution >= 0.6 is 0 Å². The minimum atomic E-state index is 0.268. The molecule has 0 amide bonds. The number of phenolic OH excluding ortho intramolecular Hbond substituents is 1. The van der Waals surface area contributed by atoms with Crippen LogP contribution in [-0.2, 0) is 19.5 Å². The Morgan fingerprint density at radius 1 is 1.11 bits per heavy atom. The van der Waals surface area contributed by atoms with Gasteiger partial charge in [-0.1, -0.05) is 19.9 Å². The number of nitrogens with zero attached hydrogens (tertiary/aromatic N) is 4. The molecule has 0 fully saturated rings. The third-order valence-corrected chi connectivity index (χ3v) is 4.94. The van der Waals surface area contributed by atoms with Gasteiger partial charge in [0, 0.05) is 55.5 Å². The lowest BCUT2D eigenvalue weighted by molar-refractivity contribution is 0.243. The summed E-state index contributed by atoms with van der Waals surface area (Å²) in [6.45, 7) is 6.91. The van der Waals surface area contributed by atoms with Gasteiger partial charge in [0.25, 0.3) is 0 Å². The van der Waals surface area contributed by atoms with Gasteiger partial charge >= 0.3 is 0 Å². The molecule has 0 saturated heterocycles. The van der Waals surface area contributed by atoms with E-state index < -0.39 is 0 Å². The van der Waals surface area contributed by atoms with Crippen LogP contribution in [0.5, 0.6) is 5.75 Å². The van der Waals surface area contributed by atoms with Crippen LogP contribution in [0.1, 0.15) is 42.4 Å². The molecule has 3 aromatic rings. The molecule has 0 radical (unpaired) electrons. The Bertz CT molecular complexity index is 923. The van der Waals surface area contributed by atoms with E-state index >= 15 is 0 Å². The van der Waals surface area contributed by atoms with E-state index in [9.17, 15) is 5.11 Å². The normalized spacial score (nSPS) is 14.3. The molecule has 0 unspecified atom stereocenters. The molecule has 138 valence electrons. The van der Waals surface area contributed by atoms with Crippen molar-refractivity contribution in [2.24, 2.45) is 0 Å². The van der Waals surface area contributed by atoms with E-state index in [0.717, 1.165) is 48.8 Å². The van der Waals surface area contributed by atoms with Crippen molar-refractivity contribution in [2.75, 3.05) is 6.54 Å². The Morgan fingerprint density at radius 3 is 2.63 bits per heavy atom. The molecular formula is C22H24N4O. The fourth-order valence-electron chi connectivity index (χ4n) is 3.49. The van der Waals surface area contributed by atoms with Gasteiger partial charge in [-0.3, -0.25) is 9.88 Å². The average molecular weight is 360 g/mol. The van der Waals surface area contributed by atoms with Crippen LogP contribution in [0.25, 0.3) is 11.3 Å². The Balaban J connectivity index is 1.71. The van der Waals surface area contributed by atoms with Crippen LogP contribution in [0.2, 0.25) is 0 Å². The van der Waals surface area contributed by atoms with Gasteiger partial charge in [-0.15, -0.1) is 0 Å². The molecule has 4 rings (SSSR count). The summed E-state index contributed by atoms with van der Waals surface area (Å²) in [7, 11) is 0. The van der Waals surface area contributed by atoms with E-state index in [-0.39, 0.29) is 11.7 Å². The fourth-order valence-corrected chi connectivity index (χ4v) is 3.49. The highest BCUT2D eigenvalue weighted by Crippen LogP contribution is 2.31. The number of aromatic nitrogens is 3.